The second kappa shape index (κ2) is 8.77. The van der Waals surface area contributed by atoms with E-state index >= 15 is 0 Å². The molecule has 1 aromatic heterocycles. The molecule has 1 aromatic carbocycles. The largest absolute Gasteiger partial charge is 0.477 e. The monoisotopic (exact) mass is 431 g/mol. The van der Waals surface area contributed by atoms with Crippen molar-refractivity contribution >= 4 is 44.5 Å². The Morgan fingerprint density at radius 2 is 2.20 bits per heavy atom. The molecule has 7 nitrogen and oxygen atoms in total. The zero-order chi connectivity index (χ0) is 18.4. The van der Waals surface area contributed by atoms with Gasteiger partial charge in [-0.15, -0.1) is 0 Å². The van der Waals surface area contributed by atoms with Gasteiger partial charge in [0.15, 0.2) is 5.56 Å². The van der Waals surface area contributed by atoms with Gasteiger partial charge in [-0.25, -0.2) is 14.0 Å². The van der Waals surface area contributed by atoms with E-state index in [1.54, 1.807) is 6.07 Å². The number of amides is 2. The van der Waals surface area contributed by atoms with Crippen LogP contribution in [0, 0.1) is 5.82 Å². The third kappa shape index (κ3) is 5.13. The van der Waals surface area contributed by atoms with Gasteiger partial charge in [-0.3, -0.25) is 5.32 Å². The molecule has 25 heavy (non-hydrogen) atoms. The molecule has 0 aliphatic carbocycles. The molecular formula is C15H15BrFN3O4S. The van der Waals surface area contributed by atoms with E-state index in [1.807, 2.05) is 6.92 Å². The van der Waals surface area contributed by atoms with Crippen molar-refractivity contribution in [2.45, 2.75) is 20.0 Å². The first kappa shape index (κ1) is 19.1. The van der Waals surface area contributed by atoms with Crippen molar-refractivity contribution in [2.24, 2.45) is 0 Å². The van der Waals surface area contributed by atoms with E-state index in [2.05, 4.69) is 30.9 Å². The Morgan fingerprint density at radius 1 is 1.44 bits per heavy atom. The van der Waals surface area contributed by atoms with Crippen LogP contribution in [0.5, 0.6) is 5.88 Å². The third-order valence-corrected chi connectivity index (χ3v) is 4.26. The number of carboxylic acid groups (broad SMARTS) is 1. The highest BCUT2D eigenvalue weighted by Crippen LogP contribution is 2.31. The highest BCUT2D eigenvalue weighted by atomic mass is 79.9. The number of halogens is 2. The van der Waals surface area contributed by atoms with Crippen LogP contribution >= 0.6 is 27.5 Å². The van der Waals surface area contributed by atoms with E-state index in [1.165, 1.54) is 12.1 Å². The second-order valence-corrected chi connectivity index (χ2v) is 6.59. The standard InChI is InChI=1S/C15H15BrFN3O4S/c1-2-5-18-15(23)19-13-11(14(21)22)12(20-25-13)24-7-8-3-4-9(16)6-10(8)17/h3-4,6H,2,5,7H2,1H3,(H,21,22)(H2,18,19,23). The van der Waals surface area contributed by atoms with Gasteiger partial charge in [0.05, 0.1) is 0 Å². The predicted molar refractivity (Wildman–Crippen MR) is 94.8 cm³/mol. The summed E-state index contributed by atoms with van der Waals surface area (Å²) in [7, 11) is 0. The van der Waals surface area contributed by atoms with Gasteiger partial charge in [0.25, 0.3) is 0 Å². The van der Waals surface area contributed by atoms with Crippen LogP contribution in [0.1, 0.15) is 29.3 Å². The lowest BCUT2D eigenvalue weighted by molar-refractivity contribution is 0.0693. The summed E-state index contributed by atoms with van der Waals surface area (Å²) in [6.45, 7) is 2.16. The maximum atomic E-state index is 13.8. The lowest BCUT2D eigenvalue weighted by Gasteiger charge is -2.07. The van der Waals surface area contributed by atoms with Gasteiger partial charge in [-0.2, -0.15) is 4.37 Å². The minimum Gasteiger partial charge on any atom is -0.477 e. The highest BCUT2D eigenvalue weighted by molar-refractivity contribution is 9.10. The molecular weight excluding hydrogens is 417 g/mol. The Labute approximate surface area is 155 Å². The number of carbonyl (C=O) groups excluding carboxylic acids is 1. The Morgan fingerprint density at radius 3 is 2.84 bits per heavy atom. The number of carboxylic acids is 1. The van der Waals surface area contributed by atoms with Crippen molar-refractivity contribution < 1.29 is 23.8 Å². The number of nitrogens with zero attached hydrogens (tertiary/aromatic N) is 1. The van der Waals surface area contributed by atoms with Crippen molar-refractivity contribution in [2.75, 3.05) is 11.9 Å². The van der Waals surface area contributed by atoms with Crippen molar-refractivity contribution in [1.82, 2.24) is 9.69 Å². The minimum atomic E-state index is -1.30. The number of aromatic carboxylic acids is 1. The number of nitrogens with one attached hydrogen (secondary N) is 2. The summed E-state index contributed by atoms with van der Waals surface area (Å²) in [5, 5.41) is 14.4. The number of benzene rings is 1. The zero-order valence-corrected chi connectivity index (χ0v) is 15.5. The van der Waals surface area contributed by atoms with Gasteiger partial charge in [0.2, 0.25) is 5.88 Å². The molecule has 2 rings (SSSR count). The number of aromatic nitrogens is 1. The fourth-order valence-corrected chi connectivity index (χ4v) is 2.87. The van der Waals surface area contributed by atoms with Crippen LogP contribution < -0.4 is 15.4 Å². The summed E-state index contributed by atoms with van der Waals surface area (Å²) in [5.41, 5.74) is -0.0168. The molecule has 0 spiro atoms. The molecule has 0 fully saturated rings. The summed E-state index contributed by atoms with van der Waals surface area (Å²) in [5.74, 6) is -1.96. The van der Waals surface area contributed by atoms with Gasteiger partial charge < -0.3 is 15.2 Å². The number of hydrogen-bond donors (Lipinski definition) is 3. The number of carbonyl (C=O) groups is 2. The lowest BCUT2D eigenvalue weighted by atomic mass is 10.2. The fourth-order valence-electron chi connectivity index (χ4n) is 1.82. The van der Waals surface area contributed by atoms with Gasteiger partial charge in [0.1, 0.15) is 17.4 Å². The quantitative estimate of drug-likeness (QED) is 0.617. The Bertz CT molecular complexity index is 784. The molecule has 1 heterocycles. The average molecular weight is 432 g/mol. The normalized spacial score (nSPS) is 10.4. The van der Waals surface area contributed by atoms with E-state index in [9.17, 15) is 19.1 Å². The van der Waals surface area contributed by atoms with Crippen molar-refractivity contribution in [3.63, 3.8) is 0 Å². The molecule has 3 N–H and O–H groups in total. The fraction of sp³-hybridized carbons (Fsp3) is 0.267. The molecule has 2 aromatic rings. The van der Waals surface area contributed by atoms with E-state index in [0.717, 1.165) is 18.0 Å². The van der Waals surface area contributed by atoms with E-state index in [-0.39, 0.29) is 28.6 Å². The number of rotatable bonds is 7. The smallest absolute Gasteiger partial charge is 0.344 e. The summed E-state index contributed by atoms with van der Waals surface area (Å²) in [4.78, 5) is 23.1. The minimum absolute atomic E-state index is 0.0485. The molecule has 0 unspecified atom stereocenters. The number of anilines is 1. The maximum absolute atomic E-state index is 13.8. The van der Waals surface area contributed by atoms with Crippen LogP contribution in [0.3, 0.4) is 0 Å². The Hall–Kier alpha value is -2.20. The summed E-state index contributed by atoms with van der Waals surface area (Å²) >= 11 is 3.93. The SMILES string of the molecule is CCCNC(=O)Nc1snc(OCc2ccc(Br)cc2F)c1C(=O)O. The molecule has 0 aliphatic rings. The number of ether oxygens (including phenoxy) is 1. The van der Waals surface area contributed by atoms with Gasteiger partial charge >= 0.3 is 12.0 Å². The molecule has 0 atom stereocenters. The summed E-state index contributed by atoms with van der Waals surface area (Å²) < 4.78 is 23.6. The maximum Gasteiger partial charge on any atom is 0.344 e. The van der Waals surface area contributed by atoms with E-state index in [4.69, 9.17) is 4.74 Å². The van der Waals surface area contributed by atoms with Crippen LogP contribution in [0.25, 0.3) is 0 Å². The molecule has 10 heteroatoms. The molecule has 0 saturated carbocycles. The van der Waals surface area contributed by atoms with Crippen LogP contribution in [0.15, 0.2) is 22.7 Å². The molecule has 0 aliphatic heterocycles. The predicted octanol–water partition coefficient (Wildman–Crippen LogP) is 3.85. The van der Waals surface area contributed by atoms with E-state index < -0.39 is 17.8 Å². The van der Waals surface area contributed by atoms with Gasteiger partial charge in [-0.05, 0) is 30.1 Å². The topological polar surface area (TPSA) is 101 Å². The van der Waals surface area contributed by atoms with E-state index in [0.29, 0.717) is 11.0 Å². The van der Waals surface area contributed by atoms with Gasteiger partial charge in [-0.1, -0.05) is 28.9 Å². The number of hydrogen-bond acceptors (Lipinski definition) is 5. The first-order chi connectivity index (χ1) is 11.9. The van der Waals surface area contributed by atoms with Crippen LogP contribution in [0.2, 0.25) is 0 Å². The second-order valence-electron chi connectivity index (χ2n) is 4.90. The summed E-state index contributed by atoms with van der Waals surface area (Å²) in [6.07, 6.45) is 0.745. The van der Waals surface area contributed by atoms with Crippen molar-refractivity contribution in [3.8, 4) is 5.88 Å². The molecule has 2 amide bonds. The van der Waals surface area contributed by atoms with Gasteiger partial charge in [0, 0.05) is 16.6 Å². The molecule has 0 radical (unpaired) electrons. The lowest BCUT2D eigenvalue weighted by Crippen LogP contribution is -2.29. The van der Waals surface area contributed by atoms with Crippen molar-refractivity contribution in [1.29, 1.82) is 0 Å². The highest BCUT2D eigenvalue weighted by Gasteiger charge is 2.23. The van der Waals surface area contributed by atoms with Crippen LogP contribution in [-0.4, -0.2) is 28.0 Å². The van der Waals surface area contributed by atoms with Crippen LogP contribution in [-0.2, 0) is 6.61 Å². The van der Waals surface area contributed by atoms with Crippen molar-refractivity contribution in [3.05, 3.63) is 39.6 Å². The first-order valence-electron chi connectivity index (χ1n) is 7.27. The van der Waals surface area contributed by atoms with Crippen LogP contribution in [0.4, 0.5) is 14.2 Å². The molecule has 0 saturated heterocycles. The Kier molecular flexibility index (Phi) is 6.71. The Balaban J connectivity index is 2.12. The summed E-state index contributed by atoms with van der Waals surface area (Å²) in [6, 6.07) is 3.91. The average Bonchev–Trinajstić information content (AvgIpc) is 2.94. The third-order valence-electron chi connectivity index (χ3n) is 3.02. The number of urea groups is 1. The zero-order valence-electron chi connectivity index (χ0n) is 13.1. The molecule has 0 bridgehead atoms. The first-order valence-corrected chi connectivity index (χ1v) is 8.83. The molecule has 134 valence electrons.